The van der Waals surface area contributed by atoms with E-state index in [0.29, 0.717) is 17.4 Å². The van der Waals surface area contributed by atoms with Crippen LogP contribution in [0.4, 0.5) is 0 Å². The van der Waals surface area contributed by atoms with E-state index in [2.05, 4.69) is 22.5 Å². The molecular weight excluding hydrogens is 376 g/mol. The Hall–Kier alpha value is -1.64. The van der Waals surface area contributed by atoms with Crippen molar-refractivity contribution in [2.45, 2.75) is 57.5 Å². The Labute approximate surface area is 170 Å². The molecule has 2 N–H and O–H groups in total. The number of unbranched alkanes of at least 4 members (excludes halogenated alkanes) is 1. The SMILES string of the molecule is CCCCOCCCNC(=NC)NCc1ccc(S(=O)(=O)N(C)C(C)C)cc1. The van der Waals surface area contributed by atoms with Crippen molar-refractivity contribution in [1.29, 1.82) is 0 Å². The van der Waals surface area contributed by atoms with Gasteiger partial charge in [0.25, 0.3) is 0 Å². The van der Waals surface area contributed by atoms with Crippen molar-refractivity contribution in [2.75, 3.05) is 33.9 Å². The quantitative estimate of drug-likeness (QED) is 0.313. The van der Waals surface area contributed by atoms with Gasteiger partial charge < -0.3 is 15.4 Å². The molecule has 0 aliphatic heterocycles. The maximum Gasteiger partial charge on any atom is 0.243 e. The van der Waals surface area contributed by atoms with E-state index in [0.717, 1.165) is 44.6 Å². The van der Waals surface area contributed by atoms with Gasteiger partial charge in [0, 0.05) is 46.4 Å². The summed E-state index contributed by atoms with van der Waals surface area (Å²) in [6.45, 7) is 8.76. The van der Waals surface area contributed by atoms with Gasteiger partial charge in [-0.1, -0.05) is 25.5 Å². The van der Waals surface area contributed by atoms with E-state index >= 15 is 0 Å². The fourth-order valence-electron chi connectivity index (χ4n) is 2.36. The second kappa shape index (κ2) is 12.7. The van der Waals surface area contributed by atoms with Crippen LogP contribution in [0.25, 0.3) is 0 Å². The standard InChI is InChI=1S/C20H36N4O3S/c1-6-7-14-27-15-8-13-22-20(21-4)23-16-18-9-11-19(12-10-18)28(25,26)24(5)17(2)3/h9-12,17H,6-8,13-16H2,1-5H3,(H2,21,22,23). The molecule has 8 heteroatoms. The number of rotatable bonds is 12. The van der Waals surface area contributed by atoms with Crippen molar-refractivity contribution in [2.24, 2.45) is 4.99 Å². The molecule has 7 nitrogen and oxygen atoms in total. The first-order chi connectivity index (χ1) is 13.3. The highest BCUT2D eigenvalue weighted by Gasteiger charge is 2.22. The van der Waals surface area contributed by atoms with Crippen molar-refractivity contribution in [3.05, 3.63) is 29.8 Å². The average Bonchev–Trinajstić information content (AvgIpc) is 2.69. The number of nitrogens with zero attached hydrogens (tertiary/aromatic N) is 2. The Kier molecular flexibility index (Phi) is 11.1. The zero-order valence-electron chi connectivity index (χ0n) is 17.9. The fraction of sp³-hybridized carbons (Fsp3) is 0.650. The topological polar surface area (TPSA) is 83.0 Å². The molecule has 1 rings (SSSR count). The zero-order chi connectivity index (χ0) is 21.0. The largest absolute Gasteiger partial charge is 0.381 e. The molecule has 0 unspecified atom stereocenters. The van der Waals surface area contributed by atoms with E-state index in [1.54, 1.807) is 26.2 Å². The van der Waals surface area contributed by atoms with Crippen LogP contribution in [0, 0.1) is 0 Å². The molecule has 1 aromatic carbocycles. The molecule has 0 amide bonds. The molecule has 0 heterocycles. The molecule has 0 aliphatic rings. The molecule has 0 saturated heterocycles. The second-order valence-electron chi connectivity index (χ2n) is 6.93. The van der Waals surface area contributed by atoms with Gasteiger partial charge in [-0.2, -0.15) is 4.31 Å². The Morgan fingerprint density at radius 2 is 1.79 bits per heavy atom. The first kappa shape index (κ1) is 24.4. The molecule has 0 atom stereocenters. The Bertz CT molecular complexity index is 688. The van der Waals surface area contributed by atoms with Crippen LogP contribution in [0.1, 0.15) is 45.6 Å². The van der Waals surface area contributed by atoms with Crippen LogP contribution in [0.3, 0.4) is 0 Å². The third-order valence-electron chi connectivity index (χ3n) is 4.41. The maximum absolute atomic E-state index is 12.5. The lowest BCUT2D eigenvalue weighted by Crippen LogP contribution is -2.37. The van der Waals surface area contributed by atoms with Gasteiger partial charge in [-0.15, -0.1) is 0 Å². The predicted molar refractivity (Wildman–Crippen MR) is 115 cm³/mol. The lowest BCUT2D eigenvalue weighted by atomic mass is 10.2. The van der Waals surface area contributed by atoms with Gasteiger partial charge >= 0.3 is 0 Å². The number of benzene rings is 1. The number of sulfonamides is 1. The Morgan fingerprint density at radius 3 is 2.36 bits per heavy atom. The van der Waals surface area contributed by atoms with Crippen molar-refractivity contribution in [3.8, 4) is 0 Å². The Morgan fingerprint density at radius 1 is 1.14 bits per heavy atom. The first-order valence-electron chi connectivity index (χ1n) is 9.92. The van der Waals surface area contributed by atoms with Gasteiger partial charge in [0.1, 0.15) is 0 Å². The third kappa shape index (κ3) is 8.16. The molecule has 160 valence electrons. The molecule has 28 heavy (non-hydrogen) atoms. The summed E-state index contributed by atoms with van der Waals surface area (Å²) in [5.41, 5.74) is 0.983. The normalized spacial score (nSPS) is 12.6. The molecule has 0 radical (unpaired) electrons. The molecule has 0 spiro atoms. The number of hydrogen-bond donors (Lipinski definition) is 2. The molecule has 0 aliphatic carbocycles. The summed E-state index contributed by atoms with van der Waals surface area (Å²) in [6, 6.07) is 6.86. The van der Waals surface area contributed by atoms with Gasteiger partial charge in [0.05, 0.1) is 4.90 Å². The van der Waals surface area contributed by atoms with Crippen LogP contribution in [0.5, 0.6) is 0 Å². The second-order valence-corrected chi connectivity index (χ2v) is 8.93. The van der Waals surface area contributed by atoms with Crippen LogP contribution < -0.4 is 10.6 Å². The number of nitrogens with one attached hydrogen (secondary N) is 2. The lowest BCUT2D eigenvalue weighted by Gasteiger charge is -2.21. The van der Waals surface area contributed by atoms with Crippen LogP contribution in [0.15, 0.2) is 34.2 Å². The molecule has 1 aromatic rings. The van der Waals surface area contributed by atoms with Crippen molar-refractivity contribution in [1.82, 2.24) is 14.9 Å². The fourth-order valence-corrected chi connectivity index (χ4v) is 3.73. The summed E-state index contributed by atoms with van der Waals surface area (Å²) in [4.78, 5) is 4.50. The van der Waals surface area contributed by atoms with Crippen LogP contribution in [0.2, 0.25) is 0 Å². The summed E-state index contributed by atoms with van der Waals surface area (Å²) >= 11 is 0. The number of guanidine groups is 1. The maximum atomic E-state index is 12.5. The first-order valence-corrected chi connectivity index (χ1v) is 11.4. The smallest absolute Gasteiger partial charge is 0.243 e. The van der Waals surface area contributed by atoms with Gasteiger partial charge in [0.15, 0.2) is 5.96 Å². The summed E-state index contributed by atoms with van der Waals surface area (Å²) in [5, 5.41) is 6.48. The van der Waals surface area contributed by atoms with E-state index in [-0.39, 0.29) is 6.04 Å². The van der Waals surface area contributed by atoms with Crippen LogP contribution >= 0.6 is 0 Å². The summed E-state index contributed by atoms with van der Waals surface area (Å²) < 4.78 is 31.9. The van der Waals surface area contributed by atoms with E-state index in [1.807, 2.05) is 26.0 Å². The minimum absolute atomic E-state index is 0.0854. The van der Waals surface area contributed by atoms with E-state index in [4.69, 9.17) is 4.74 Å². The lowest BCUT2D eigenvalue weighted by molar-refractivity contribution is 0.129. The van der Waals surface area contributed by atoms with Crippen molar-refractivity contribution < 1.29 is 13.2 Å². The van der Waals surface area contributed by atoms with Gasteiger partial charge in [0.2, 0.25) is 10.0 Å². The minimum Gasteiger partial charge on any atom is -0.381 e. The molecule has 0 fully saturated rings. The van der Waals surface area contributed by atoms with Crippen LogP contribution in [-0.4, -0.2) is 58.6 Å². The molecular formula is C20H36N4O3S. The highest BCUT2D eigenvalue weighted by Crippen LogP contribution is 2.17. The van der Waals surface area contributed by atoms with E-state index in [9.17, 15) is 8.42 Å². The van der Waals surface area contributed by atoms with E-state index < -0.39 is 10.0 Å². The molecule has 0 aromatic heterocycles. The zero-order valence-corrected chi connectivity index (χ0v) is 18.7. The number of aliphatic imine (C=N–C) groups is 1. The minimum atomic E-state index is -3.45. The highest BCUT2D eigenvalue weighted by molar-refractivity contribution is 7.89. The van der Waals surface area contributed by atoms with Gasteiger partial charge in [-0.25, -0.2) is 8.42 Å². The predicted octanol–water partition coefficient (Wildman–Crippen LogP) is 2.59. The number of ether oxygens (including phenoxy) is 1. The van der Waals surface area contributed by atoms with Crippen molar-refractivity contribution >= 4 is 16.0 Å². The highest BCUT2D eigenvalue weighted by atomic mass is 32.2. The average molecular weight is 413 g/mol. The third-order valence-corrected chi connectivity index (χ3v) is 6.46. The van der Waals surface area contributed by atoms with E-state index in [1.165, 1.54) is 4.31 Å². The van der Waals surface area contributed by atoms with Gasteiger partial charge in [-0.3, -0.25) is 4.99 Å². The summed E-state index contributed by atoms with van der Waals surface area (Å²) in [5.74, 6) is 0.713. The molecule has 0 saturated carbocycles. The van der Waals surface area contributed by atoms with Crippen LogP contribution in [-0.2, 0) is 21.3 Å². The summed E-state index contributed by atoms with van der Waals surface area (Å²) in [6.07, 6.45) is 3.17. The number of hydrogen-bond acceptors (Lipinski definition) is 4. The summed E-state index contributed by atoms with van der Waals surface area (Å²) in [7, 11) is -0.126. The van der Waals surface area contributed by atoms with Crippen molar-refractivity contribution in [3.63, 3.8) is 0 Å². The van der Waals surface area contributed by atoms with Gasteiger partial charge in [-0.05, 0) is 44.4 Å². The molecule has 0 bridgehead atoms. The monoisotopic (exact) mass is 412 g/mol. The Balaban J connectivity index is 2.45.